The summed E-state index contributed by atoms with van der Waals surface area (Å²) in [6.07, 6.45) is 7.50. The highest BCUT2D eigenvalue weighted by Gasteiger charge is 2.42. The first kappa shape index (κ1) is 16.2. The molecule has 0 bridgehead atoms. The average Bonchev–Trinajstić information content (AvgIpc) is 3.04. The summed E-state index contributed by atoms with van der Waals surface area (Å²) in [7, 11) is 8.03. The maximum Gasteiger partial charge on any atom is 0.0729 e. The zero-order valence-electron chi connectivity index (χ0n) is 13.7. The lowest BCUT2D eigenvalue weighted by Crippen LogP contribution is -2.36. The molecule has 0 radical (unpaired) electrons. The van der Waals surface area contributed by atoms with Crippen molar-refractivity contribution in [3.8, 4) is 0 Å². The number of nitrogens with zero attached hydrogens (tertiary/aromatic N) is 2. The average molecular weight is 284 g/mol. The highest BCUT2D eigenvalue weighted by Crippen LogP contribution is 2.38. The standard InChI is InChI=1S/C9H17NO.C7H15NO/c1-10-6-5-7-3-4-8(11-2)9(7)10;1-8-5-3-7(9-2)4-6-8/h7-9H,3-6H2,1-2H3;7H,3-6H2,1-2H3. The van der Waals surface area contributed by atoms with Gasteiger partial charge in [-0.3, -0.25) is 0 Å². The predicted molar refractivity (Wildman–Crippen MR) is 82.1 cm³/mol. The molecule has 3 rings (SSSR count). The predicted octanol–water partition coefficient (Wildman–Crippen LogP) is 1.84. The Bertz CT molecular complexity index is 280. The van der Waals surface area contributed by atoms with E-state index in [1.54, 1.807) is 7.11 Å². The zero-order chi connectivity index (χ0) is 14.5. The molecule has 0 aromatic carbocycles. The fourth-order valence-electron chi connectivity index (χ4n) is 3.98. The van der Waals surface area contributed by atoms with E-state index >= 15 is 0 Å². The Morgan fingerprint density at radius 1 is 0.800 bits per heavy atom. The van der Waals surface area contributed by atoms with Gasteiger partial charge in [0.25, 0.3) is 0 Å². The maximum atomic E-state index is 5.45. The summed E-state index contributed by atoms with van der Waals surface area (Å²) >= 11 is 0. The number of piperidine rings is 1. The van der Waals surface area contributed by atoms with Crippen molar-refractivity contribution in [1.29, 1.82) is 0 Å². The molecular weight excluding hydrogens is 252 g/mol. The van der Waals surface area contributed by atoms with Crippen LogP contribution in [0.15, 0.2) is 0 Å². The van der Waals surface area contributed by atoms with Crippen molar-refractivity contribution in [2.24, 2.45) is 5.92 Å². The summed E-state index contributed by atoms with van der Waals surface area (Å²) in [4.78, 5) is 4.81. The van der Waals surface area contributed by atoms with E-state index in [4.69, 9.17) is 9.47 Å². The van der Waals surface area contributed by atoms with E-state index in [-0.39, 0.29) is 0 Å². The van der Waals surface area contributed by atoms with E-state index in [9.17, 15) is 0 Å². The number of methoxy groups -OCH3 is 2. The van der Waals surface area contributed by atoms with Crippen LogP contribution in [-0.4, -0.2) is 76.0 Å². The summed E-state index contributed by atoms with van der Waals surface area (Å²) in [5.41, 5.74) is 0. The number of likely N-dealkylation sites (N-methyl/N-ethyl adjacent to an activating group) is 1. The van der Waals surface area contributed by atoms with Crippen molar-refractivity contribution in [3.05, 3.63) is 0 Å². The van der Waals surface area contributed by atoms with Crippen LogP contribution >= 0.6 is 0 Å². The lowest BCUT2D eigenvalue weighted by atomic mass is 10.0. The molecule has 0 N–H and O–H groups in total. The Hall–Kier alpha value is -0.160. The Kier molecular flexibility index (Phi) is 6.27. The largest absolute Gasteiger partial charge is 0.381 e. The molecule has 2 heterocycles. The van der Waals surface area contributed by atoms with E-state index in [2.05, 4.69) is 23.9 Å². The van der Waals surface area contributed by atoms with Gasteiger partial charge in [0.1, 0.15) is 0 Å². The van der Waals surface area contributed by atoms with E-state index in [0.717, 1.165) is 12.0 Å². The first-order chi connectivity index (χ1) is 9.65. The van der Waals surface area contributed by atoms with Gasteiger partial charge in [-0.1, -0.05) is 0 Å². The lowest BCUT2D eigenvalue weighted by molar-refractivity contribution is 0.0484. The number of rotatable bonds is 2. The third kappa shape index (κ3) is 3.94. The van der Waals surface area contributed by atoms with E-state index in [1.807, 2.05) is 7.11 Å². The van der Waals surface area contributed by atoms with Gasteiger partial charge in [-0.15, -0.1) is 0 Å². The van der Waals surface area contributed by atoms with Crippen LogP contribution in [0.4, 0.5) is 0 Å². The molecule has 2 saturated heterocycles. The highest BCUT2D eigenvalue weighted by atomic mass is 16.5. The molecule has 1 aliphatic carbocycles. The molecule has 3 fully saturated rings. The van der Waals surface area contributed by atoms with Gasteiger partial charge < -0.3 is 19.3 Å². The Morgan fingerprint density at radius 3 is 2.10 bits per heavy atom. The molecule has 3 unspecified atom stereocenters. The summed E-state index contributed by atoms with van der Waals surface area (Å²) < 4.78 is 10.7. The Morgan fingerprint density at radius 2 is 1.50 bits per heavy atom. The smallest absolute Gasteiger partial charge is 0.0729 e. The maximum absolute atomic E-state index is 5.45. The highest BCUT2D eigenvalue weighted by molar-refractivity contribution is 4.96. The van der Waals surface area contributed by atoms with Gasteiger partial charge in [-0.2, -0.15) is 0 Å². The van der Waals surface area contributed by atoms with Gasteiger partial charge in [-0.05, 0) is 58.7 Å². The van der Waals surface area contributed by atoms with E-state index in [1.165, 1.54) is 51.7 Å². The number of fused-ring (bicyclic) bond motifs is 1. The molecule has 1 saturated carbocycles. The molecule has 0 amide bonds. The quantitative estimate of drug-likeness (QED) is 0.772. The van der Waals surface area contributed by atoms with Gasteiger partial charge in [0.15, 0.2) is 0 Å². The zero-order valence-corrected chi connectivity index (χ0v) is 13.7. The van der Waals surface area contributed by atoms with Gasteiger partial charge in [-0.25, -0.2) is 0 Å². The minimum Gasteiger partial charge on any atom is -0.381 e. The summed E-state index contributed by atoms with van der Waals surface area (Å²) in [6, 6.07) is 0.736. The molecule has 4 heteroatoms. The van der Waals surface area contributed by atoms with Crippen LogP contribution in [-0.2, 0) is 9.47 Å². The second-order valence-corrected chi connectivity index (χ2v) is 6.61. The number of hydrogen-bond acceptors (Lipinski definition) is 4. The summed E-state index contributed by atoms with van der Waals surface area (Å²) in [5, 5.41) is 0. The Balaban J connectivity index is 0.000000151. The molecule has 3 atom stereocenters. The van der Waals surface area contributed by atoms with Crippen molar-refractivity contribution in [3.63, 3.8) is 0 Å². The number of likely N-dealkylation sites (tertiary alicyclic amines) is 2. The SMILES string of the molecule is COC1CCC2CCN(C)C21.COC1CCN(C)CC1. The lowest BCUT2D eigenvalue weighted by Gasteiger charge is -2.27. The first-order valence-electron chi connectivity index (χ1n) is 8.10. The van der Waals surface area contributed by atoms with Gasteiger partial charge in [0.05, 0.1) is 12.2 Å². The molecule has 0 aromatic rings. The fourth-order valence-corrected chi connectivity index (χ4v) is 3.98. The Labute approximate surface area is 124 Å². The summed E-state index contributed by atoms with van der Waals surface area (Å²) in [6.45, 7) is 3.66. The second kappa shape index (κ2) is 7.74. The normalized spacial score (nSPS) is 35.7. The third-order valence-corrected chi connectivity index (χ3v) is 5.35. The molecule has 4 nitrogen and oxygen atoms in total. The van der Waals surface area contributed by atoms with Crippen LogP contribution in [0.1, 0.15) is 32.1 Å². The van der Waals surface area contributed by atoms with Crippen LogP contribution in [0.2, 0.25) is 0 Å². The second-order valence-electron chi connectivity index (χ2n) is 6.61. The summed E-state index contributed by atoms with van der Waals surface area (Å²) in [5.74, 6) is 0.935. The van der Waals surface area contributed by atoms with Crippen LogP contribution < -0.4 is 0 Å². The van der Waals surface area contributed by atoms with Crippen molar-refractivity contribution in [1.82, 2.24) is 9.80 Å². The van der Waals surface area contributed by atoms with Crippen LogP contribution in [0.3, 0.4) is 0 Å². The fraction of sp³-hybridized carbons (Fsp3) is 1.00. The van der Waals surface area contributed by atoms with Crippen molar-refractivity contribution < 1.29 is 9.47 Å². The minimum absolute atomic E-state index is 0.521. The molecule has 118 valence electrons. The monoisotopic (exact) mass is 284 g/mol. The van der Waals surface area contributed by atoms with Gasteiger partial charge >= 0.3 is 0 Å². The van der Waals surface area contributed by atoms with Crippen molar-refractivity contribution >= 4 is 0 Å². The topological polar surface area (TPSA) is 24.9 Å². The van der Waals surface area contributed by atoms with Gasteiger partial charge in [0.2, 0.25) is 0 Å². The number of ether oxygens (including phenoxy) is 2. The first-order valence-corrected chi connectivity index (χ1v) is 8.10. The minimum atomic E-state index is 0.521. The van der Waals surface area contributed by atoms with Crippen LogP contribution in [0.25, 0.3) is 0 Å². The molecule has 0 spiro atoms. The van der Waals surface area contributed by atoms with Crippen molar-refractivity contribution in [2.75, 3.05) is 47.9 Å². The van der Waals surface area contributed by atoms with Gasteiger partial charge in [0, 0.05) is 33.4 Å². The molecule has 2 aliphatic heterocycles. The number of hydrogen-bond donors (Lipinski definition) is 0. The third-order valence-electron chi connectivity index (χ3n) is 5.35. The molecular formula is C16H32N2O2. The van der Waals surface area contributed by atoms with E-state index in [0.29, 0.717) is 12.2 Å². The molecule has 0 aromatic heterocycles. The molecule has 3 aliphatic rings. The molecule has 20 heavy (non-hydrogen) atoms. The van der Waals surface area contributed by atoms with Crippen LogP contribution in [0.5, 0.6) is 0 Å². The van der Waals surface area contributed by atoms with E-state index < -0.39 is 0 Å². The van der Waals surface area contributed by atoms with Crippen molar-refractivity contribution in [2.45, 2.75) is 50.4 Å². The van der Waals surface area contributed by atoms with Crippen LogP contribution in [0, 0.1) is 5.92 Å².